The number of nitrogens with one attached hydrogen (secondary N) is 1. The van der Waals surface area contributed by atoms with E-state index in [4.69, 9.17) is 51.6 Å². The third-order valence-electron chi connectivity index (χ3n) is 5.47. The minimum Gasteiger partial charge on any atom is -0.490 e. The Kier molecular flexibility index (Phi) is 17.2. The van der Waals surface area contributed by atoms with Crippen molar-refractivity contribution < 1.29 is 38.0 Å². The minimum absolute atomic E-state index is 0.224. The molecule has 0 spiro atoms. The SMILES string of the molecule is COC(=O)c1ccccc1Nc1cc(Cl)c(OCCCOCCCOCCCOCCC(=O)OCC(C)C)c(Cl)c1. The lowest BCUT2D eigenvalue weighted by Gasteiger charge is -2.14. The zero-order valence-electron chi connectivity index (χ0n) is 24.0. The number of carbonyl (C=O) groups excluding carboxylic acids is 2. The Morgan fingerprint density at radius 1 is 0.829 bits per heavy atom. The predicted octanol–water partition coefficient (Wildman–Crippen LogP) is 6.71. The van der Waals surface area contributed by atoms with E-state index in [9.17, 15) is 9.59 Å². The predicted molar refractivity (Wildman–Crippen MR) is 160 cm³/mol. The Hall–Kier alpha value is -2.56. The molecule has 0 saturated carbocycles. The first-order valence-electron chi connectivity index (χ1n) is 13.8. The summed E-state index contributed by atoms with van der Waals surface area (Å²) in [6.07, 6.45) is 2.49. The fourth-order valence-corrected chi connectivity index (χ4v) is 4.06. The Bertz CT molecular complexity index is 1040. The second kappa shape index (κ2) is 20.3. The number of halogens is 2. The lowest BCUT2D eigenvalue weighted by atomic mass is 10.1. The third kappa shape index (κ3) is 14.3. The second-order valence-electron chi connectivity index (χ2n) is 9.50. The van der Waals surface area contributed by atoms with Crippen LogP contribution in [0.3, 0.4) is 0 Å². The molecule has 0 aliphatic heterocycles. The molecular formula is C30H41Cl2NO8. The normalized spacial score (nSPS) is 11.0. The van der Waals surface area contributed by atoms with Gasteiger partial charge < -0.3 is 33.7 Å². The topological polar surface area (TPSA) is 102 Å². The van der Waals surface area contributed by atoms with Crippen LogP contribution in [0.1, 0.15) is 49.9 Å². The number of rotatable bonds is 21. The van der Waals surface area contributed by atoms with Gasteiger partial charge >= 0.3 is 11.9 Å². The summed E-state index contributed by atoms with van der Waals surface area (Å²) < 4.78 is 32.3. The lowest BCUT2D eigenvalue weighted by molar-refractivity contribution is -0.145. The molecule has 0 aliphatic carbocycles. The van der Waals surface area contributed by atoms with Crippen LogP contribution in [0.5, 0.6) is 5.75 Å². The van der Waals surface area contributed by atoms with Crippen LogP contribution in [-0.2, 0) is 28.5 Å². The van der Waals surface area contributed by atoms with E-state index in [0.717, 1.165) is 12.8 Å². The number of carbonyl (C=O) groups is 2. The summed E-state index contributed by atoms with van der Waals surface area (Å²) in [6.45, 7) is 8.07. The molecule has 0 amide bonds. The molecule has 0 radical (unpaired) electrons. The van der Waals surface area contributed by atoms with Crippen molar-refractivity contribution in [2.75, 3.05) is 65.3 Å². The summed E-state index contributed by atoms with van der Waals surface area (Å²) in [6, 6.07) is 10.4. The molecule has 2 rings (SSSR count). The lowest BCUT2D eigenvalue weighted by Crippen LogP contribution is -2.12. The van der Waals surface area contributed by atoms with Gasteiger partial charge in [0.15, 0.2) is 5.75 Å². The maximum atomic E-state index is 12.0. The molecule has 0 fully saturated rings. The molecule has 0 saturated heterocycles. The van der Waals surface area contributed by atoms with E-state index >= 15 is 0 Å². The number of benzene rings is 2. The van der Waals surface area contributed by atoms with Crippen LogP contribution >= 0.6 is 23.2 Å². The van der Waals surface area contributed by atoms with Gasteiger partial charge in [0.05, 0.1) is 54.6 Å². The highest BCUT2D eigenvalue weighted by Crippen LogP contribution is 2.37. The molecule has 0 aromatic heterocycles. The fraction of sp³-hybridized carbons (Fsp3) is 0.533. The zero-order valence-corrected chi connectivity index (χ0v) is 25.6. The average molecular weight is 615 g/mol. The molecule has 0 heterocycles. The van der Waals surface area contributed by atoms with Crippen molar-refractivity contribution in [1.29, 1.82) is 0 Å². The van der Waals surface area contributed by atoms with Gasteiger partial charge in [-0.15, -0.1) is 0 Å². The maximum absolute atomic E-state index is 12.0. The highest BCUT2D eigenvalue weighted by atomic mass is 35.5. The highest BCUT2D eigenvalue weighted by Gasteiger charge is 2.14. The summed E-state index contributed by atoms with van der Waals surface area (Å²) in [4.78, 5) is 23.5. The largest absolute Gasteiger partial charge is 0.490 e. The second-order valence-corrected chi connectivity index (χ2v) is 10.3. The molecule has 41 heavy (non-hydrogen) atoms. The summed E-state index contributed by atoms with van der Waals surface area (Å²) in [7, 11) is 1.33. The Morgan fingerprint density at radius 3 is 1.98 bits per heavy atom. The number of hydrogen-bond acceptors (Lipinski definition) is 9. The van der Waals surface area contributed by atoms with E-state index in [-0.39, 0.29) is 12.4 Å². The van der Waals surface area contributed by atoms with Crippen LogP contribution in [0.15, 0.2) is 36.4 Å². The number of esters is 2. The van der Waals surface area contributed by atoms with Crippen molar-refractivity contribution in [2.45, 2.75) is 39.5 Å². The summed E-state index contributed by atoms with van der Waals surface area (Å²) in [5.41, 5.74) is 1.58. The van der Waals surface area contributed by atoms with Crippen molar-refractivity contribution in [1.82, 2.24) is 0 Å². The first kappa shape index (κ1) is 34.6. The number of ether oxygens (including phenoxy) is 6. The van der Waals surface area contributed by atoms with Crippen molar-refractivity contribution in [2.24, 2.45) is 5.92 Å². The van der Waals surface area contributed by atoms with Gasteiger partial charge in [0.2, 0.25) is 0 Å². The van der Waals surface area contributed by atoms with Gasteiger partial charge in [-0.25, -0.2) is 4.79 Å². The standard InChI is InChI=1S/C30H41Cl2NO8/c1-22(2)21-41-28(34)11-18-39-15-7-14-37-12-6-13-38-16-8-17-40-29-25(31)19-23(20-26(29)32)33-27-10-5-4-9-24(27)30(35)36-3/h4-5,9-10,19-20,22,33H,6-8,11-18,21H2,1-3H3. The van der Waals surface area contributed by atoms with Gasteiger partial charge in [0, 0.05) is 45.1 Å². The van der Waals surface area contributed by atoms with Gasteiger partial charge in [0.25, 0.3) is 0 Å². The van der Waals surface area contributed by atoms with Gasteiger partial charge in [-0.2, -0.15) is 0 Å². The van der Waals surface area contributed by atoms with E-state index in [0.29, 0.717) is 97.9 Å². The van der Waals surface area contributed by atoms with E-state index in [1.54, 1.807) is 36.4 Å². The molecule has 11 heteroatoms. The molecule has 0 unspecified atom stereocenters. The van der Waals surface area contributed by atoms with Crippen LogP contribution in [0.25, 0.3) is 0 Å². The number of hydrogen-bond donors (Lipinski definition) is 1. The van der Waals surface area contributed by atoms with Crippen LogP contribution in [0, 0.1) is 5.92 Å². The number of para-hydroxylation sites is 1. The monoisotopic (exact) mass is 613 g/mol. The third-order valence-corrected chi connectivity index (χ3v) is 6.03. The summed E-state index contributed by atoms with van der Waals surface area (Å²) in [5.74, 6) is 0.0544. The molecule has 2 aromatic rings. The van der Waals surface area contributed by atoms with Crippen LogP contribution in [-0.4, -0.2) is 71.9 Å². The van der Waals surface area contributed by atoms with Gasteiger partial charge in [0.1, 0.15) is 0 Å². The first-order valence-corrected chi connectivity index (χ1v) is 14.5. The zero-order chi connectivity index (χ0) is 29.9. The van der Waals surface area contributed by atoms with E-state index in [2.05, 4.69) is 5.32 Å². The first-order chi connectivity index (χ1) is 19.8. The van der Waals surface area contributed by atoms with Crippen molar-refractivity contribution in [3.8, 4) is 5.75 Å². The quantitative estimate of drug-likeness (QED) is 0.121. The molecule has 0 aliphatic rings. The molecule has 1 N–H and O–H groups in total. The maximum Gasteiger partial charge on any atom is 0.339 e. The Labute approximate surface area is 252 Å². The van der Waals surface area contributed by atoms with Gasteiger partial charge in [-0.3, -0.25) is 4.79 Å². The van der Waals surface area contributed by atoms with Crippen LogP contribution in [0.4, 0.5) is 11.4 Å². The average Bonchev–Trinajstić information content (AvgIpc) is 2.95. The van der Waals surface area contributed by atoms with Crippen molar-refractivity contribution in [3.05, 3.63) is 52.0 Å². The Balaban J connectivity index is 1.52. The molecular weight excluding hydrogens is 573 g/mol. The minimum atomic E-state index is -0.448. The number of anilines is 2. The van der Waals surface area contributed by atoms with Crippen molar-refractivity contribution >= 4 is 46.5 Å². The van der Waals surface area contributed by atoms with E-state index < -0.39 is 5.97 Å². The van der Waals surface area contributed by atoms with E-state index in [1.165, 1.54) is 7.11 Å². The fourth-order valence-electron chi connectivity index (χ4n) is 3.46. The molecule has 9 nitrogen and oxygen atoms in total. The van der Waals surface area contributed by atoms with Crippen LogP contribution < -0.4 is 10.1 Å². The molecule has 228 valence electrons. The Morgan fingerprint density at radius 2 is 1.39 bits per heavy atom. The number of methoxy groups -OCH3 is 1. The molecule has 0 atom stereocenters. The van der Waals surface area contributed by atoms with Gasteiger partial charge in [-0.05, 0) is 43.0 Å². The van der Waals surface area contributed by atoms with E-state index in [1.807, 2.05) is 13.8 Å². The molecule has 0 bridgehead atoms. The summed E-state index contributed by atoms with van der Waals surface area (Å²) >= 11 is 12.8. The smallest absolute Gasteiger partial charge is 0.339 e. The van der Waals surface area contributed by atoms with Crippen molar-refractivity contribution in [3.63, 3.8) is 0 Å². The summed E-state index contributed by atoms with van der Waals surface area (Å²) in [5, 5.41) is 3.85. The van der Waals surface area contributed by atoms with Crippen LogP contribution in [0.2, 0.25) is 10.0 Å². The van der Waals surface area contributed by atoms with Gasteiger partial charge in [-0.1, -0.05) is 49.2 Å². The highest BCUT2D eigenvalue weighted by molar-refractivity contribution is 6.37. The molecule has 2 aromatic carbocycles.